The molecule has 0 aromatic heterocycles. The number of rotatable bonds is 6. The Morgan fingerprint density at radius 1 is 1.41 bits per heavy atom. The molecule has 1 unspecified atom stereocenters. The molecule has 0 saturated carbocycles. The van der Waals surface area contributed by atoms with E-state index in [2.05, 4.69) is 6.58 Å². The highest BCUT2D eigenvalue weighted by molar-refractivity contribution is 6.32. The molecule has 1 atom stereocenters. The van der Waals surface area contributed by atoms with Crippen LogP contribution in [0.2, 0.25) is 5.02 Å². The number of hydrogen-bond donors (Lipinski definition) is 1. The summed E-state index contributed by atoms with van der Waals surface area (Å²) in [5.74, 6) is 1.00. The van der Waals surface area contributed by atoms with E-state index in [-0.39, 0.29) is 0 Å². The van der Waals surface area contributed by atoms with Crippen LogP contribution >= 0.6 is 11.6 Å². The minimum atomic E-state index is -0.578. The van der Waals surface area contributed by atoms with E-state index < -0.39 is 6.10 Å². The van der Waals surface area contributed by atoms with Crippen molar-refractivity contribution < 1.29 is 14.6 Å². The largest absolute Gasteiger partial charge is 0.493 e. The lowest BCUT2D eigenvalue weighted by Gasteiger charge is -2.15. The highest BCUT2D eigenvalue weighted by atomic mass is 35.5. The van der Waals surface area contributed by atoms with Gasteiger partial charge < -0.3 is 14.6 Å². The number of benzene rings is 1. The molecule has 0 aliphatic heterocycles. The summed E-state index contributed by atoms with van der Waals surface area (Å²) in [6.45, 7) is 3.62. The summed E-state index contributed by atoms with van der Waals surface area (Å²) >= 11 is 6.06. The zero-order chi connectivity index (χ0) is 12.8. The van der Waals surface area contributed by atoms with Crippen LogP contribution in [0.25, 0.3) is 0 Å². The summed E-state index contributed by atoms with van der Waals surface area (Å²) in [4.78, 5) is 0. The topological polar surface area (TPSA) is 38.7 Å². The third-order valence-corrected chi connectivity index (χ3v) is 2.77. The Bertz CT molecular complexity index is 390. The SMILES string of the molecule is C=CCCC(O)c1cc(Cl)c(OC)c(OC)c1. The van der Waals surface area contributed by atoms with Crippen LogP contribution in [0.5, 0.6) is 11.5 Å². The molecular formula is C13H17ClO3. The fourth-order valence-corrected chi connectivity index (χ4v) is 1.87. The van der Waals surface area contributed by atoms with Gasteiger partial charge in [0.2, 0.25) is 0 Å². The number of aliphatic hydroxyl groups excluding tert-OH is 1. The smallest absolute Gasteiger partial charge is 0.179 e. The Balaban J connectivity index is 3.01. The van der Waals surface area contributed by atoms with Crippen molar-refractivity contribution in [3.63, 3.8) is 0 Å². The molecule has 0 radical (unpaired) electrons. The van der Waals surface area contributed by atoms with Gasteiger partial charge >= 0.3 is 0 Å². The van der Waals surface area contributed by atoms with Crippen LogP contribution in [-0.4, -0.2) is 19.3 Å². The van der Waals surface area contributed by atoms with E-state index in [4.69, 9.17) is 21.1 Å². The third-order valence-electron chi connectivity index (χ3n) is 2.48. The van der Waals surface area contributed by atoms with Crippen molar-refractivity contribution in [3.05, 3.63) is 35.4 Å². The number of aliphatic hydroxyl groups is 1. The Labute approximate surface area is 107 Å². The maximum absolute atomic E-state index is 9.96. The average Bonchev–Trinajstić information content (AvgIpc) is 2.34. The standard InChI is InChI=1S/C13H17ClO3/c1-4-5-6-11(15)9-7-10(14)13(17-3)12(8-9)16-2/h4,7-8,11,15H,1,5-6H2,2-3H3. The Morgan fingerprint density at radius 2 is 2.12 bits per heavy atom. The molecule has 17 heavy (non-hydrogen) atoms. The lowest BCUT2D eigenvalue weighted by molar-refractivity contribution is 0.168. The van der Waals surface area contributed by atoms with Crippen molar-refractivity contribution in [1.29, 1.82) is 0 Å². The fraction of sp³-hybridized carbons (Fsp3) is 0.385. The van der Waals surface area contributed by atoms with Gasteiger partial charge in [-0.05, 0) is 30.5 Å². The molecule has 0 heterocycles. The van der Waals surface area contributed by atoms with Crippen molar-refractivity contribution >= 4 is 11.6 Å². The van der Waals surface area contributed by atoms with Gasteiger partial charge in [-0.2, -0.15) is 0 Å². The second-order valence-electron chi connectivity index (χ2n) is 3.62. The van der Waals surface area contributed by atoms with E-state index in [1.54, 1.807) is 18.2 Å². The summed E-state index contributed by atoms with van der Waals surface area (Å²) in [6.07, 6.45) is 2.54. The van der Waals surface area contributed by atoms with Gasteiger partial charge in [-0.25, -0.2) is 0 Å². The zero-order valence-electron chi connectivity index (χ0n) is 10.1. The maximum Gasteiger partial charge on any atom is 0.179 e. The molecule has 0 aliphatic carbocycles. The Hall–Kier alpha value is -1.19. The van der Waals surface area contributed by atoms with E-state index in [0.717, 1.165) is 12.0 Å². The highest BCUT2D eigenvalue weighted by Gasteiger charge is 2.15. The zero-order valence-corrected chi connectivity index (χ0v) is 10.8. The molecule has 0 aliphatic rings. The molecule has 1 N–H and O–H groups in total. The van der Waals surface area contributed by atoms with Gasteiger partial charge in [0.25, 0.3) is 0 Å². The molecule has 0 saturated heterocycles. The number of hydrogen-bond acceptors (Lipinski definition) is 3. The molecule has 0 spiro atoms. The van der Waals surface area contributed by atoms with Crippen molar-refractivity contribution in [1.82, 2.24) is 0 Å². The van der Waals surface area contributed by atoms with Crippen LogP contribution in [-0.2, 0) is 0 Å². The van der Waals surface area contributed by atoms with Gasteiger partial charge in [0, 0.05) is 0 Å². The normalized spacial score (nSPS) is 12.0. The lowest BCUT2D eigenvalue weighted by Crippen LogP contribution is -1.99. The summed E-state index contributed by atoms with van der Waals surface area (Å²) in [5, 5.41) is 10.4. The van der Waals surface area contributed by atoms with Crippen molar-refractivity contribution in [2.24, 2.45) is 0 Å². The molecular weight excluding hydrogens is 240 g/mol. The Morgan fingerprint density at radius 3 is 2.65 bits per heavy atom. The van der Waals surface area contributed by atoms with E-state index in [1.807, 2.05) is 0 Å². The van der Waals surface area contributed by atoms with Crippen LogP contribution in [0.4, 0.5) is 0 Å². The predicted molar refractivity (Wildman–Crippen MR) is 68.9 cm³/mol. The van der Waals surface area contributed by atoms with E-state index in [1.165, 1.54) is 14.2 Å². The third kappa shape index (κ3) is 3.38. The molecule has 1 rings (SSSR count). The molecule has 94 valence electrons. The molecule has 0 amide bonds. The minimum Gasteiger partial charge on any atom is -0.493 e. The number of ether oxygens (including phenoxy) is 2. The van der Waals surface area contributed by atoms with Crippen LogP contribution < -0.4 is 9.47 Å². The summed E-state index contributed by atoms with van der Waals surface area (Å²) in [7, 11) is 3.06. The van der Waals surface area contributed by atoms with Gasteiger partial charge in [-0.15, -0.1) is 6.58 Å². The van der Waals surface area contributed by atoms with Crippen molar-refractivity contribution in [2.45, 2.75) is 18.9 Å². The quantitative estimate of drug-likeness (QED) is 0.794. The lowest BCUT2D eigenvalue weighted by atomic mass is 10.0. The maximum atomic E-state index is 9.96. The van der Waals surface area contributed by atoms with Crippen molar-refractivity contribution in [2.75, 3.05) is 14.2 Å². The van der Waals surface area contributed by atoms with Crippen LogP contribution in [0, 0.1) is 0 Å². The van der Waals surface area contributed by atoms with E-state index in [0.29, 0.717) is 22.9 Å². The van der Waals surface area contributed by atoms with Gasteiger partial charge in [-0.1, -0.05) is 17.7 Å². The second-order valence-corrected chi connectivity index (χ2v) is 4.03. The summed E-state index contributed by atoms with van der Waals surface area (Å²) in [5.41, 5.74) is 0.717. The first-order valence-corrected chi connectivity index (χ1v) is 5.72. The molecule has 3 nitrogen and oxygen atoms in total. The number of halogens is 1. The first-order valence-electron chi connectivity index (χ1n) is 5.34. The Kier molecular flexibility index (Phi) is 5.32. The summed E-state index contributed by atoms with van der Waals surface area (Å²) in [6, 6.07) is 3.43. The van der Waals surface area contributed by atoms with E-state index in [9.17, 15) is 5.11 Å². The highest BCUT2D eigenvalue weighted by Crippen LogP contribution is 2.38. The van der Waals surface area contributed by atoms with E-state index >= 15 is 0 Å². The molecule has 0 bridgehead atoms. The number of methoxy groups -OCH3 is 2. The summed E-state index contributed by atoms with van der Waals surface area (Å²) < 4.78 is 10.3. The monoisotopic (exact) mass is 256 g/mol. The molecule has 0 fully saturated rings. The molecule has 1 aromatic rings. The average molecular weight is 257 g/mol. The van der Waals surface area contributed by atoms with Crippen LogP contribution in [0.15, 0.2) is 24.8 Å². The van der Waals surface area contributed by atoms with Gasteiger partial charge in [0.05, 0.1) is 25.3 Å². The second kappa shape index (κ2) is 6.52. The molecule has 4 heteroatoms. The minimum absolute atomic E-state index is 0.430. The van der Waals surface area contributed by atoms with Crippen LogP contribution in [0.3, 0.4) is 0 Å². The van der Waals surface area contributed by atoms with Gasteiger partial charge in [0.1, 0.15) is 0 Å². The molecule has 1 aromatic carbocycles. The van der Waals surface area contributed by atoms with Gasteiger partial charge in [0.15, 0.2) is 11.5 Å². The van der Waals surface area contributed by atoms with Crippen molar-refractivity contribution in [3.8, 4) is 11.5 Å². The van der Waals surface area contributed by atoms with Crippen LogP contribution in [0.1, 0.15) is 24.5 Å². The first kappa shape index (κ1) is 13.9. The number of allylic oxidation sites excluding steroid dienone is 1. The van der Waals surface area contributed by atoms with Gasteiger partial charge in [-0.3, -0.25) is 0 Å². The first-order chi connectivity index (χ1) is 8.13. The fourth-order valence-electron chi connectivity index (χ4n) is 1.57. The predicted octanol–water partition coefficient (Wildman–Crippen LogP) is 3.36.